The highest BCUT2D eigenvalue weighted by Gasteiger charge is 2.07. The molecule has 4 nitrogen and oxygen atoms in total. The molecule has 0 aliphatic heterocycles. The van der Waals surface area contributed by atoms with Crippen LogP contribution >= 0.6 is 15.9 Å². The van der Waals surface area contributed by atoms with E-state index in [4.69, 9.17) is 5.73 Å². The molecule has 0 saturated carbocycles. The maximum atomic E-state index is 5.83. The van der Waals surface area contributed by atoms with E-state index in [0.29, 0.717) is 11.6 Å². The first-order chi connectivity index (χ1) is 8.47. The van der Waals surface area contributed by atoms with Gasteiger partial charge in [-0.1, -0.05) is 15.9 Å². The number of rotatable bonds is 2. The van der Waals surface area contributed by atoms with Gasteiger partial charge in [0.25, 0.3) is 0 Å². The summed E-state index contributed by atoms with van der Waals surface area (Å²) in [5, 5.41) is 3.27. The smallest absolute Gasteiger partial charge is 0.139 e. The fourth-order valence-electron chi connectivity index (χ4n) is 1.63. The first-order valence-electron chi connectivity index (χ1n) is 5.61. The minimum atomic E-state index is 0.513. The second kappa shape index (κ2) is 4.94. The normalized spacial score (nSPS) is 10.4. The van der Waals surface area contributed by atoms with Gasteiger partial charge in [-0.05, 0) is 44.5 Å². The molecule has 0 fully saturated rings. The molecule has 94 valence electrons. The third-order valence-electron chi connectivity index (χ3n) is 2.72. The maximum absolute atomic E-state index is 5.83. The van der Waals surface area contributed by atoms with Gasteiger partial charge in [0.2, 0.25) is 0 Å². The highest BCUT2D eigenvalue weighted by molar-refractivity contribution is 9.10. The quantitative estimate of drug-likeness (QED) is 0.891. The van der Waals surface area contributed by atoms with Gasteiger partial charge < -0.3 is 11.1 Å². The Bertz CT molecular complexity index is 596. The molecular formula is C13H15BrN4. The summed E-state index contributed by atoms with van der Waals surface area (Å²) in [6.07, 6.45) is 0. The Morgan fingerprint density at radius 3 is 2.56 bits per heavy atom. The van der Waals surface area contributed by atoms with E-state index in [1.54, 1.807) is 0 Å². The van der Waals surface area contributed by atoms with Crippen molar-refractivity contribution in [2.45, 2.75) is 20.8 Å². The fourth-order valence-corrected chi connectivity index (χ4v) is 1.88. The lowest BCUT2D eigenvalue weighted by Gasteiger charge is -2.11. The van der Waals surface area contributed by atoms with Crippen molar-refractivity contribution in [3.63, 3.8) is 0 Å². The molecular weight excluding hydrogens is 292 g/mol. The van der Waals surface area contributed by atoms with E-state index in [2.05, 4.69) is 37.3 Å². The van der Waals surface area contributed by atoms with E-state index in [9.17, 15) is 0 Å². The molecule has 1 aromatic heterocycles. The summed E-state index contributed by atoms with van der Waals surface area (Å²) in [6.45, 7) is 5.78. The van der Waals surface area contributed by atoms with E-state index in [0.717, 1.165) is 27.1 Å². The average Bonchev–Trinajstić information content (AvgIpc) is 2.30. The summed E-state index contributed by atoms with van der Waals surface area (Å²) in [6, 6.07) is 6.05. The van der Waals surface area contributed by atoms with Gasteiger partial charge in [-0.3, -0.25) is 0 Å². The molecule has 3 N–H and O–H groups in total. The Labute approximate surface area is 115 Å². The van der Waals surface area contributed by atoms with Crippen molar-refractivity contribution >= 4 is 33.3 Å². The number of aromatic nitrogens is 2. The van der Waals surface area contributed by atoms with Crippen molar-refractivity contribution in [1.82, 2.24) is 9.97 Å². The van der Waals surface area contributed by atoms with Gasteiger partial charge in [-0.15, -0.1) is 0 Å². The highest BCUT2D eigenvalue weighted by Crippen LogP contribution is 2.25. The summed E-state index contributed by atoms with van der Waals surface area (Å²) < 4.78 is 1.09. The van der Waals surface area contributed by atoms with Gasteiger partial charge in [0, 0.05) is 15.7 Å². The molecule has 0 atom stereocenters. The van der Waals surface area contributed by atoms with Crippen LogP contribution in [0.4, 0.5) is 17.3 Å². The van der Waals surface area contributed by atoms with Gasteiger partial charge in [-0.2, -0.15) is 0 Å². The summed E-state index contributed by atoms with van der Waals surface area (Å²) in [4.78, 5) is 8.49. The molecule has 0 amide bonds. The number of nitrogen functional groups attached to an aromatic ring is 1. The van der Waals surface area contributed by atoms with Crippen LogP contribution in [0.25, 0.3) is 0 Å². The second-order valence-electron chi connectivity index (χ2n) is 4.22. The predicted molar refractivity (Wildman–Crippen MR) is 78.1 cm³/mol. The van der Waals surface area contributed by atoms with Crippen molar-refractivity contribution in [3.05, 3.63) is 39.6 Å². The van der Waals surface area contributed by atoms with Crippen LogP contribution in [-0.2, 0) is 0 Å². The topological polar surface area (TPSA) is 63.8 Å². The SMILES string of the molecule is Cc1nc(N)c(C)c(Nc2ccc(Br)c(C)c2)n1. The monoisotopic (exact) mass is 306 g/mol. The Balaban J connectivity index is 2.36. The minimum absolute atomic E-state index is 0.513. The number of benzene rings is 1. The lowest BCUT2D eigenvalue weighted by molar-refractivity contribution is 1.04. The third kappa shape index (κ3) is 2.61. The van der Waals surface area contributed by atoms with Crippen molar-refractivity contribution in [3.8, 4) is 0 Å². The molecule has 2 rings (SSSR count). The molecule has 5 heteroatoms. The van der Waals surface area contributed by atoms with Gasteiger partial charge in [-0.25, -0.2) is 9.97 Å². The van der Waals surface area contributed by atoms with E-state index in [1.807, 2.05) is 32.9 Å². The van der Waals surface area contributed by atoms with E-state index in [-0.39, 0.29) is 0 Å². The molecule has 0 radical (unpaired) electrons. The van der Waals surface area contributed by atoms with Crippen LogP contribution in [0, 0.1) is 20.8 Å². The molecule has 0 unspecified atom stereocenters. The summed E-state index contributed by atoms with van der Waals surface area (Å²) in [7, 11) is 0. The number of hydrogen-bond donors (Lipinski definition) is 2. The molecule has 0 bridgehead atoms. The van der Waals surface area contributed by atoms with Crippen molar-refractivity contribution < 1.29 is 0 Å². The van der Waals surface area contributed by atoms with Crippen LogP contribution < -0.4 is 11.1 Å². The Hall–Kier alpha value is -1.62. The van der Waals surface area contributed by atoms with Gasteiger partial charge in [0.05, 0.1) is 0 Å². The average molecular weight is 307 g/mol. The zero-order valence-corrected chi connectivity index (χ0v) is 12.2. The van der Waals surface area contributed by atoms with Crippen LogP contribution in [0.15, 0.2) is 22.7 Å². The van der Waals surface area contributed by atoms with Crippen molar-refractivity contribution in [2.75, 3.05) is 11.1 Å². The van der Waals surface area contributed by atoms with Crippen molar-refractivity contribution in [1.29, 1.82) is 0 Å². The molecule has 0 saturated heterocycles. The maximum Gasteiger partial charge on any atom is 0.139 e. The summed E-state index contributed by atoms with van der Waals surface area (Å²) in [5.41, 5.74) is 8.84. The zero-order valence-electron chi connectivity index (χ0n) is 10.6. The summed E-state index contributed by atoms with van der Waals surface area (Å²) >= 11 is 3.48. The lowest BCUT2D eigenvalue weighted by atomic mass is 10.2. The molecule has 1 aromatic carbocycles. The third-order valence-corrected chi connectivity index (χ3v) is 3.61. The number of anilines is 3. The Kier molecular flexibility index (Phi) is 3.52. The van der Waals surface area contributed by atoms with E-state index >= 15 is 0 Å². The largest absolute Gasteiger partial charge is 0.383 e. The first-order valence-corrected chi connectivity index (χ1v) is 6.40. The fraction of sp³-hybridized carbons (Fsp3) is 0.231. The van der Waals surface area contributed by atoms with Crippen LogP contribution in [0.3, 0.4) is 0 Å². The lowest BCUT2D eigenvalue weighted by Crippen LogP contribution is -2.04. The zero-order chi connectivity index (χ0) is 13.3. The van der Waals surface area contributed by atoms with Gasteiger partial charge in [0.1, 0.15) is 17.5 Å². The summed E-state index contributed by atoms with van der Waals surface area (Å²) in [5.74, 6) is 1.93. The predicted octanol–water partition coefficient (Wildman–Crippen LogP) is 3.49. The molecule has 0 aliphatic carbocycles. The first kappa shape index (κ1) is 12.8. The number of nitrogens with two attached hydrogens (primary N) is 1. The molecule has 18 heavy (non-hydrogen) atoms. The second-order valence-corrected chi connectivity index (χ2v) is 5.07. The molecule has 1 heterocycles. The van der Waals surface area contributed by atoms with Crippen LogP contribution in [0.5, 0.6) is 0 Å². The number of halogens is 1. The number of aryl methyl sites for hydroxylation is 2. The van der Waals surface area contributed by atoms with Crippen LogP contribution in [-0.4, -0.2) is 9.97 Å². The Morgan fingerprint density at radius 2 is 1.89 bits per heavy atom. The number of hydrogen-bond acceptors (Lipinski definition) is 4. The minimum Gasteiger partial charge on any atom is -0.383 e. The van der Waals surface area contributed by atoms with E-state index in [1.165, 1.54) is 0 Å². The molecule has 0 spiro atoms. The van der Waals surface area contributed by atoms with Crippen molar-refractivity contribution in [2.24, 2.45) is 0 Å². The standard InChI is InChI=1S/C13H15BrN4/c1-7-6-10(4-5-11(7)14)18-13-8(2)12(15)16-9(3)17-13/h4-6H,1-3H3,(H3,15,16,17,18). The van der Waals surface area contributed by atoms with Crippen LogP contribution in [0.2, 0.25) is 0 Å². The number of nitrogens with zero attached hydrogens (tertiary/aromatic N) is 2. The molecule has 2 aromatic rings. The van der Waals surface area contributed by atoms with Gasteiger partial charge >= 0.3 is 0 Å². The highest BCUT2D eigenvalue weighted by atomic mass is 79.9. The Morgan fingerprint density at radius 1 is 1.17 bits per heavy atom. The van der Waals surface area contributed by atoms with Gasteiger partial charge in [0.15, 0.2) is 0 Å². The van der Waals surface area contributed by atoms with Crippen LogP contribution in [0.1, 0.15) is 17.0 Å². The number of nitrogens with one attached hydrogen (secondary N) is 1. The van der Waals surface area contributed by atoms with E-state index < -0.39 is 0 Å². The molecule has 0 aliphatic rings.